The van der Waals surface area contributed by atoms with Crippen molar-refractivity contribution in [1.82, 2.24) is 4.90 Å². The number of halogens is 3. The average Bonchev–Trinajstić information content (AvgIpc) is 2.70. The van der Waals surface area contributed by atoms with E-state index in [0.29, 0.717) is 0 Å². The standard InChI is InChI=1S/C22H24F3N5O/c1-12(27)30(5)20(31)21(2,3)22(4,28)15-9-14(6-7-16(15)23)29-19-10-17(24)13(11-26)8-18(19)25/h6-10,29H,1,27-28H2,2-5H3/t22-/m1/s1. The van der Waals surface area contributed by atoms with Crippen LogP contribution in [0, 0.1) is 34.2 Å². The minimum absolute atomic E-state index is 0.00285. The average molecular weight is 431 g/mol. The number of nitrogens with one attached hydrogen (secondary N) is 1. The van der Waals surface area contributed by atoms with Gasteiger partial charge < -0.3 is 21.7 Å². The van der Waals surface area contributed by atoms with E-state index in [2.05, 4.69) is 11.9 Å². The molecule has 0 aromatic heterocycles. The monoisotopic (exact) mass is 431 g/mol. The van der Waals surface area contributed by atoms with Crippen molar-refractivity contribution in [3.63, 3.8) is 0 Å². The van der Waals surface area contributed by atoms with Crippen LogP contribution in [0.5, 0.6) is 0 Å². The van der Waals surface area contributed by atoms with Crippen LogP contribution >= 0.6 is 0 Å². The highest BCUT2D eigenvalue weighted by atomic mass is 19.1. The van der Waals surface area contributed by atoms with Crippen molar-refractivity contribution in [1.29, 1.82) is 5.26 Å². The molecule has 0 aliphatic rings. The van der Waals surface area contributed by atoms with Crippen LogP contribution in [0.2, 0.25) is 0 Å². The van der Waals surface area contributed by atoms with E-state index in [1.165, 1.54) is 26.1 Å². The molecule has 31 heavy (non-hydrogen) atoms. The maximum Gasteiger partial charge on any atom is 0.235 e. The van der Waals surface area contributed by atoms with Gasteiger partial charge in [0.1, 0.15) is 23.5 Å². The fourth-order valence-electron chi connectivity index (χ4n) is 2.99. The molecular formula is C22H24F3N5O. The van der Waals surface area contributed by atoms with Crippen molar-refractivity contribution in [3.8, 4) is 6.07 Å². The second-order valence-corrected chi connectivity index (χ2v) is 7.93. The molecular weight excluding hydrogens is 407 g/mol. The molecule has 6 nitrogen and oxygen atoms in total. The molecule has 5 N–H and O–H groups in total. The Bertz CT molecular complexity index is 1090. The molecule has 0 aliphatic heterocycles. The summed E-state index contributed by atoms with van der Waals surface area (Å²) in [4.78, 5) is 14.0. The van der Waals surface area contributed by atoms with Gasteiger partial charge in [-0.25, -0.2) is 13.2 Å². The van der Waals surface area contributed by atoms with E-state index in [1.54, 1.807) is 19.9 Å². The zero-order valence-corrected chi connectivity index (χ0v) is 17.7. The summed E-state index contributed by atoms with van der Waals surface area (Å²) in [5.74, 6) is -2.93. The van der Waals surface area contributed by atoms with Crippen LogP contribution in [0.3, 0.4) is 0 Å². The lowest BCUT2D eigenvalue weighted by Crippen LogP contribution is -2.56. The molecule has 2 aromatic rings. The van der Waals surface area contributed by atoms with Crippen LogP contribution in [0.15, 0.2) is 42.7 Å². The highest BCUT2D eigenvalue weighted by Gasteiger charge is 2.47. The van der Waals surface area contributed by atoms with E-state index in [4.69, 9.17) is 16.7 Å². The number of nitrogens with zero attached hydrogens (tertiary/aromatic N) is 2. The van der Waals surface area contributed by atoms with Crippen LogP contribution in [0.4, 0.5) is 24.5 Å². The van der Waals surface area contributed by atoms with Crippen LogP contribution in [0.1, 0.15) is 31.9 Å². The third-order valence-electron chi connectivity index (χ3n) is 5.55. The molecule has 0 saturated carbocycles. The fourth-order valence-corrected chi connectivity index (χ4v) is 2.99. The number of benzene rings is 2. The molecule has 2 aromatic carbocycles. The van der Waals surface area contributed by atoms with Crippen LogP contribution in [0.25, 0.3) is 0 Å². The maximum atomic E-state index is 14.8. The van der Waals surface area contributed by atoms with Gasteiger partial charge in [-0.1, -0.05) is 6.58 Å². The Labute approximate surface area is 178 Å². The summed E-state index contributed by atoms with van der Waals surface area (Å²) < 4.78 is 42.9. The van der Waals surface area contributed by atoms with Crippen LogP contribution in [-0.4, -0.2) is 17.9 Å². The van der Waals surface area contributed by atoms with Crippen LogP contribution in [-0.2, 0) is 10.3 Å². The van der Waals surface area contributed by atoms with Crippen molar-refractivity contribution in [3.05, 3.63) is 71.3 Å². The van der Waals surface area contributed by atoms with Gasteiger partial charge in [0.15, 0.2) is 0 Å². The van der Waals surface area contributed by atoms with E-state index >= 15 is 0 Å². The lowest BCUT2D eigenvalue weighted by Gasteiger charge is -2.42. The predicted octanol–water partition coefficient (Wildman–Crippen LogP) is 3.81. The molecule has 164 valence electrons. The summed E-state index contributed by atoms with van der Waals surface area (Å²) in [7, 11) is 1.43. The molecule has 0 spiro atoms. The zero-order valence-electron chi connectivity index (χ0n) is 17.7. The van der Waals surface area contributed by atoms with Crippen molar-refractivity contribution < 1.29 is 18.0 Å². The van der Waals surface area contributed by atoms with Gasteiger partial charge in [-0.2, -0.15) is 5.26 Å². The number of anilines is 2. The minimum Gasteiger partial charge on any atom is -0.386 e. The number of hydrogen-bond donors (Lipinski definition) is 3. The first-order valence-corrected chi connectivity index (χ1v) is 9.21. The summed E-state index contributed by atoms with van der Waals surface area (Å²) in [5, 5.41) is 11.4. The number of nitriles is 1. The van der Waals surface area contributed by atoms with Gasteiger partial charge in [-0.3, -0.25) is 4.79 Å². The number of carbonyl (C=O) groups excluding carboxylic acids is 1. The van der Waals surface area contributed by atoms with Gasteiger partial charge in [0, 0.05) is 24.4 Å². The molecule has 0 radical (unpaired) electrons. The maximum absolute atomic E-state index is 14.8. The third kappa shape index (κ3) is 4.34. The molecule has 1 atom stereocenters. The minimum atomic E-state index is -1.52. The lowest BCUT2D eigenvalue weighted by molar-refractivity contribution is -0.141. The largest absolute Gasteiger partial charge is 0.386 e. The van der Waals surface area contributed by atoms with E-state index in [0.717, 1.165) is 23.1 Å². The molecule has 9 heteroatoms. The quantitative estimate of drug-likeness (QED) is 0.645. The SMILES string of the molecule is C=C(N)N(C)C(=O)C(C)(C)[C@](C)(N)c1cc(Nc2cc(F)c(C#N)cc2F)ccc1F. The first kappa shape index (κ1) is 23.8. The Morgan fingerprint density at radius 1 is 1.13 bits per heavy atom. The fraction of sp³-hybridized carbons (Fsp3) is 0.273. The first-order chi connectivity index (χ1) is 14.2. The van der Waals surface area contributed by atoms with Gasteiger partial charge in [-0.05, 0) is 45.0 Å². The smallest absolute Gasteiger partial charge is 0.235 e. The highest BCUT2D eigenvalue weighted by Crippen LogP contribution is 2.41. The van der Waals surface area contributed by atoms with E-state index in [1.807, 2.05) is 0 Å². The number of hydrogen-bond acceptors (Lipinski definition) is 5. The van der Waals surface area contributed by atoms with Gasteiger partial charge in [0.25, 0.3) is 0 Å². The lowest BCUT2D eigenvalue weighted by atomic mass is 9.68. The summed E-state index contributed by atoms with van der Waals surface area (Å²) in [5.41, 5.74) is 8.70. The topological polar surface area (TPSA) is 108 Å². The Morgan fingerprint density at radius 3 is 2.29 bits per heavy atom. The summed E-state index contributed by atoms with van der Waals surface area (Å²) in [6.07, 6.45) is 0. The van der Waals surface area contributed by atoms with Gasteiger partial charge in [-0.15, -0.1) is 0 Å². The molecule has 0 fully saturated rings. The zero-order chi connectivity index (χ0) is 23.7. The normalized spacial score (nSPS) is 13.1. The molecule has 0 saturated heterocycles. The molecule has 1 amide bonds. The molecule has 0 heterocycles. The van der Waals surface area contributed by atoms with Gasteiger partial charge in [0.05, 0.1) is 28.0 Å². The molecule has 0 bridgehead atoms. The Hall–Kier alpha value is -3.51. The van der Waals surface area contributed by atoms with Crippen molar-refractivity contribution in [2.45, 2.75) is 26.3 Å². The predicted molar refractivity (Wildman–Crippen MR) is 112 cm³/mol. The van der Waals surface area contributed by atoms with E-state index in [9.17, 15) is 18.0 Å². The van der Waals surface area contributed by atoms with Gasteiger partial charge in [0.2, 0.25) is 5.91 Å². The highest BCUT2D eigenvalue weighted by molar-refractivity contribution is 5.85. The second kappa shape index (κ2) is 8.32. The van der Waals surface area contributed by atoms with Crippen molar-refractivity contribution >= 4 is 17.3 Å². The second-order valence-electron chi connectivity index (χ2n) is 7.93. The van der Waals surface area contributed by atoms with Crippen molar-refractivity contribution in [2.24, 2.45) is 16.9 Å². The van der Waals surface area contributed by atoms with E-state index in [-0.39, 0.29) is 22.8 Å². The van der Waals surface area contributed by atoms with E-state index < -0.39 is 39.9 Å². The first-order valence-electron chi connectivity index (χ1n) is 9.21. The summed E-state index contributed by atoms with van der Waals surface area (Å²) in [6, 6.07) is 6.86. The molecule has 2 rings (SSSR count). The Kier molecular flexibility index (Phi) is 6.38. The number of nitrogens with two attached hydrogens (primary N) is 2. The summed E-state index contributed by atoms with van der Waals surface area (Å²) >= 11 is 0. The summed E-state index contributed by atoms with van der Waals surface area (Å²) in [6.45, 7) is 8.10. The molecule has 0 aliphatic carbocycles. The number of rotatable bonds is 6. The number of carbonyl (C=O) groups is 1. The molecule has 0 unspecified atom stereocenters. The van der Waals surface area contributed by atoms with Crippen LogP contribution < -0.4 is 16.8 Å². The Balaban J connectivity index is 2.49. The van der Waals surface area contributed by atoms with Gasteiger partial charge >= 0.3 is 0 Å². The van der Waals surface area contributed by atoms with Crippen molar-refractivity contribution in [2.75, 3.05) is 12.4 Å². The number of amides is 1. The third-order valence-corrected chi connectivity index (χ3v) is 5.55. The Morgan fingerprint density at radius 2 is 1.74 bits per heavy atom.